The third-order valence-corrected chi connectivity index (χ3v) is 10.7. The summed E-state index contributed by atoms with van der Waals surface area (Å²) in [4.78, 5) is 37.2. The van der Waals surface area contributed by atoms with Gasteiger partial charge in [-0.25, -0.2) is 23.1 Å². The molecule has 0 saturated carbocycles. The summed E-state index contributed by atoms with van der Waals surface area (Å²) in [5.41, 5.74) is 4.21. The number of nitrogens with one attached hydrogen (secondary N) is 1. The molecule has 0 aliphatic carbocycles. The molecular weight excluding hydrogens is 679 g/mol. The lowest BCUT2D eigenvalue weighted by Gasteiger charge is -2.36. The summed E-state index contributed by atoms with van der Waals surface area (Å²) in [6.45, 7) is 16.5. The van der Waals surface area contributed by atoms with Gasteiger partial charge in [0.1, 0.15) is 12.4 Å². The lowest BCUT2D eigenvalue weighted by Crippen LogP contribution is -2.45. The third kappa shape index (κ3) is 8.76. The smallest absolute Gasteiger partial charge is 0.264 e. The van der Waals surface area contributed by atoms with Crippen LogP contribution in [0.1, 0.15) is 74.6 Å². The first-order valence-electron chi connectivity index (χ1n) is 17.8. The van der Waals surface area contributed by atoms with Crippen molar-refractivity contribution in [3.05, 3.63) is 83.3 Å². The number of carbonyl (C=O) groups is 1. The van der Waals surface area contributed by atoms with E-state index < -0.39 is 10.0 Å². The van der Waals surface area contributed by atoms with Crippen molar-refractivity contribution in [3.63, 3.8) is 0 Å². The van der Waals surface area contributed by atoms with Crippen molar-refractivity contribution < 1.29 is 22.7 Å². The van der Waals surface area contributed by atoms with Crippen molar-refractivity contribution in [2.24, 2.45) is 5.41 Å². The predicted molar refractivity (Wildman–Crippen MR) is 201 cm³/mol. The summed E-state index contributed by atoms with van der Waals surface area (Å²) in [6, 6.07) is 13.9. The summed E-state index contributed by atoms with van der Waals surface area (Å²) in [7, 11) is -4.16. The minimum atomic E-state index is -4.16. The second-order valence-corrected chi connectivity index (χ2v) is 16.9. The molecule has 2 aliphatic rings. The van der Waals surface area contributed by atoms with Crippen LogP contribution in [0.25, 0.3) is 11.3 Å². The van der Waals surface area contributed by atoms with E-state index in [1.165, 1.54) is 12.1 Å². The van der Waals surface area contributed by atoms with Crippen LogP contribution in [-0.2, 0) is 21.3 Å². The van der Waals surface area contributed by atoms with Gasteiger partial charge in [0, 0.05) is 48.6 Å². The van der Waals surface area contributed by atoms with Crippen molar-refractivity contribution in [2.45, 2.75) is 90.9 Å². The highest BCUT2D eigenvalue weighted by atomic mass is 32.2. The number of carbonyl (C=O) groups excluding carboxylic acids is 1. The van der Waals surface area contributed by atoms with Gasteiger partial charge in [-0.3, -0.25) is 14.7 Å². The normalized spacial score (nSPS) is 19.5. The standard InChI is InChI=1S/C39H49N7O5S/c1-25(2)46(30-14-15-50-23-30)35-20-40-19-29(41-35)21-45-22-34(47)28-12-9-13-32(16-28)52(48,49)44-38-42-33(37-26(3)10-8-11-27(37)4)17-36(43-38)51-24-31(45)18-39(5,6)7/h8-13,16-17,19-20,25,30-31H,14-15,18,21-24H2,1-7H3,(H,42,43,44)/t30?,31-/m1/s1. The molecule has 1 saturated heterocycles. The number of rotatable bonds is 7. The lowest BCUT2D eigenvalue weighted by atomic mass is 9.87. The summed E-state index contributed by atoms with van der Waals surface area (Å²) in [5, 5.41) is 0. The topological polar surface area (TPSA) is 140 Å². The molecule has 1 unspecified atom stereocenters. The van der Waals surface area contributed by atoms with E-state index in [4.69, 9.17) is 14.5 Å². The number of hydrogen-bond donors (Lipinski definition) is 1. The summed E-state index contributed by atoms with van der Waals surface area (Å²) < 4.78 is 42.1. The Morgan fingerprint density at radius 2 is 1.75 bits per heavy atom. The number of aromatic nitrogens is 4. The number of fused-ring (bicyclic) bond motifs is 4. The van der Waals surface area contributed by atoms with Gasteiger partial charge in [0.25, 0.3) is 10.0 Å². The molecule has 12 nitrogen and oxygen atoms in total. The molecule has 2 aromatic heterocycles. The highest BCUT2D eigenvalue weighted by molar-refractivity contribution is 7.92. The van der Waals surface area contributed by atoms with E-state index in [1.54, 1.807) is 30.6 Å². The fraction of sp³-hybridized carbons (Fsp3) is 0.462. The van der Waals surface area contributed by atoms with Crippen molar-refractivity contribution in [1.82, 2.24) is 24.8 Å². The van der Waals surface area contributed by atoms with Crippen LogP contribution in [0.5, 0.6) is 5.88 Å². The fourth-order valence-corrected chi connectivity index (χ4v) is 8.09. The second kappa shape index (κ2) is 15.3. The fourth-order valence-electron chi connectivity index (χ4n) is 7.10. The number of ketones is 1. The van der Waals surface area contributed by atoms with E-state index in [0.29, 0.717) is 37.6 Å². The number of ether oxygens (including phenoxy) is 2. The van der Waals surface area contributed by atoms with E-state index >= 15 is 0 Å². The first-order valence-corrected chi connectivity index (χ1v) is 19.3. The number of hydrogen-bond acceptors (Lipinski definition) is 11. The molecule has 2 atom stereocenters. The monoisotopic (exact) mass is 727 g/mol. The molecule has 2 aromatic carbocycles. The molecule has 52 heavy (non-hydrogen) atoms. The average molecular weight is 728 g/mol. The minimum absolute atomic E-state index is 0.0000176. The van der Waals surface area contributed by atoms with Crippen molar-refractivity contribution in [3.8, 4) is 17.1 Å². The molecule has 13 heteroatoms. The van der Waals surface area contributed by atoms with Crippen LogP contribution in [0.15, 0.2) is 65.8 Å². The summed E-state index contributed by atoms with van der Waals surface area (Å²) in [6.07, 6.45) is 5.12. The van der Waals surface area contributed by atoms with Crippen LogP contribution in [0.3, 0.4) is 0 Å². The molecule has 0 radical (unpaired) electrons. The van der Waals surface area contributed by atoms with Crippen molar-refractivity contribution in [2.75, 3.05) is 36.0 Å². The Morgan fingerprint density at radius 1 is 1.00 bits per heavy atom. The molecule has 4 heterocycles. The van der Waals surface area contributed by atoms with Gasteiger partial charge in [-0.1, -0.05) is 51.1 Å². The number of Topliss-reactive ketones (excluding diaryl/α,β-unsaturated/α-hetero) is 1. The Labute approximate surface area is 307 Å². The van der Waals surface area contributed by atoms with Gasteiger partial charge in [-0.05, 0) is 69.2 Å². The number of sulfonamides is 1. The minimum Gasteiger partial charge on any atom is -0.476 e. The SMILES string of the molecule is Cc1cccc(C)c1-c1cc2nc(n1)NS(=O)(=O)c1cccc(c1)C(=O)CN(Cc1cncc(N(C(C)C)C3CCOC3)n1)[C@H](CC(C)(C)C)CO2. The molecule has 6 rings (SSSR count). The number of anilines is 2. The Morgan fingerprint density at radius 3 is 2.44 bits per heavy atom. The summed E-state index contributed by atoms with van der Waals surface area (Å²) in [5.74, 6) is 0.631. The maximum absolute atomic E-state index is 14.1. The maximum Gasteiger partial charge on any atom is 0.264 e. The Balaban J connectivity index is 1.44. The molecule has 0 amide bonds. The van der Waals surface area contributed by atoms with E-state index in [9.17, 15) is 13.2 Å². The molecule has 276 valence electrons. The molecule has 0 spiro atoms. The first kappa shape index (κ1) is 37.3. The zero-order valence-electron chi connectivity index (χ0n) is 31.1. The van der Waals surface area contributed by atoms with Crippen LogP contribution < -0.4 is 14.4 Å². The third-order valence-electron chi connectivity index (χ3n) is 9.42. The number of nitrogens with zero attached hydrogens (tertiary/aromatic N) is 6. The second-order valence-electron chi connectivity index (χ2n) is 15.3. The largest absolute Gasteiger partial charge is 0.476 e. The molecular formula is C39H49N7O5S. The van der Waals surface area contributed by atoms with Gasteiger partial charge in [0.15, 0.2) is 5.78 Å². The van der Waals surface area contributed by atoms with E-state index in [-0.39, 0.29) is 64.8 Å². The van der Waals surface area contributed by atoms with Gasteiger partial charge in [0.05, 0.1) is 41.7 Å². The van der Waals surface area contributed by atoms with Gasteiger partial charge in [0.2, 0.25) is 11.8 Å². The Bertz CT molecular complexity index is 2010. The molecule has 4 bridgehead atoms. The van der Waals surface area contributed by atoms with E-state index in [1.807, 2.05) is 32.0 Å². The van der Waals surface area contributed by atoms with Crippen LogP contribution in [0.4, 0.5) is 11.8 Å². The zero-order chi connectivity index (χ0) is 37.2. The Kier molecular flexibility index (Phi) is 10.9. The highest BCUT2D eigenvalue weighted by Crippen LogP contribution is 2.31. The van der Waals surface area contributed by atoms with Crippen LogP contribution in [-0.4, -0.2) is 83.5 Å². The van der Waals surface area contributed by atoms with E-state index in [2.05, 4.69) is 64.1 Å². The van der Waals surface area contributed by atoms with Crippen molar-refractivity contribution in [1.29, 1.82) is 0 Å². The van der Waals surface area contributed by atoms with Gasteiger partial charge in [-0.2, -0.15) is 4.98 Å². The quantitative estimate of drug-likeness (QED) is 0.232. The average Bonchev–Trinajstić information content (AvgIpc) is 3.60. The van der Waals surface area contributed by atoms with Gasteiger partial charge < -0.3 is 14.4 Å². The van der Waals surface area contributed by atoms with Crippen LogP contribution in [0.2, 0.25) is 0 Å². The van der Waals surface area contributed by atoms with E-state index in [0.717, 1.165) is 28.9 Å². The van der Waals surface area contributed by atoms with Crippen LogP contribution in [0, 0.1) is 19.3 Å². The maximum atomic E-state index is 14.1. The lowest BCUT2D eigenvalue weighted by molar-refractivity contribution is 0.0713. The van der Waals surface area contributed by atoms with Gasteiger partial charge >= 0.3 is 0 Å². The Hall–Kier alpha value is -4.46. The molecule has 1 fully saturated rings. The number of aryl methyl sites for hydroxylation is 2. The molecule has 1 N–H and O–H groups in total. The first-order chi connectivity index (χ1) is 24.7. The molecule has 2 aliphatic heterocycles. The highest BCUT2D eigenvalue weighted by Gasteiger charge is 2.31. The zero-order valence-corrected chi connectivity index (χ0v) is 31.9. The molecule has 4 aromatic rings. The van der Waals surface area contributed by atoms with Gasteiger partial charge in [-0.15, -0.1) is 0 Å². The predicted octanol–water partition coefficient (Wildman–Crippen LogP) is 6.24. The van der Waals surface area contributed by atoms with Crippen molar-refractivity contribution >= 4 is 27.6 Å². The number of benzene rings is 2. The van der Waals surface area contributed by atoms with Crippen LogP contribution >= 0.6 is 0 Å². The summed E-state index contributed by atoms with van der Waals surface area (Å²) >= 11 is 0.